The molecular weight excluding hydrogens is 397 g/mol. The number of amides is 2. The lowest BCUT2D eigenvalue weighted by molar-refractivity contribution is -0.117. The molecule has 0 aliphatic carbocycles. The second kappa shape index (κ2) is 9.98. The van der Waals surface area contributed by atoms with Gasteiger partial charge in [0.05, 0.1) is 5.71 Å². The van der Waals surface area contributed by atoms with Crippen LogP contribution in [0.25, 0.3) is 6.08 Å². The van der Waals surface area contributed by atoms with Crippen LogP contribution in [0.3, 0.4) is 0 Å². The minimum atomic E-state index is -0.677. The maximum atomic E-state index is 13.2. The fraction of sp³-hybridized carbons (Fsp3) is 0.0417. The molecule has 0 spiro atoms. The number of carbonyl (C=O) groups excluding carboxylic acids is 2. The van der Waals surface area contributed by atoms with E-state index in [2.05, 4.69) is 15.8 Å². The highest BCUT2D eigenvalue weighted by Gasteiger charge is 2.15. The highest BCUT2D eigenvalue weighted by Crippen LogP contribution is 2.16. The number of hydrogen-bond acceptors (Lipinski definition) is 4. The van der Waals surface area contributed by atoms with Crippen LogP contribution in [0.1, 0.15) is 28.4 Å². The van der Waals surface area contributed by atoms with E-state index in [4.69, 9.17) is 0 Å². The van der Waals surface area contributed by atoms with Gasteiger partial charge in [-0.05, 0) is 55.0 Å². The summed E-state index contributed by atoms with van der Waals surface area (Å²) in [5, 5.41) is 16.5. The van der Waals surface area contributed by atoms with Crippen molar-refractivity contribution in [2.24, 2.45) is 5.10 Å². The molecule has 0 aromatic heterocycles. The number of nitrogens with zero attached hydrogens (tertiary/aromatic N) is 1. The maximum Gasteiger partial charge on any atom is 0.287 e. The Balaban J connectivity index is 1.85. The predicted molar refractivity (Wildman–Crippen MR) is 117 cm³/mol. The highest BCUT2D eigenvalue weighted by atomic mass is 19.1. The first kappa shape index (κ1) is 21.4. The molecule has 3 N–H and O–H groups in total. The molecule has 0 saturated heterocycles. The topological polar surface area (TPSA) is 90.8 Å². The number of benzene rings is 3. The van der Waals surface area contributed by atoms with Gasteiger partial charge < -0.3 is 10.4 Å². The number of halogens is 1. The molecule has 31 heavy (non-hydrogen) atoms. The molecule has 6 nitrogen and oxygen atoms in total. The van der Waals surface area contributed by atoms with Gasteiger partial charge in [-0.1, -0.05) is 42.5 Å². The van der Waals surface area contributed by atoms with Gasteiger partial charge in [0.25, 0.3) is 11.8 Å². The molecule has 156 valence electrons. The lowest BCUT2D eigenvalue weighted by atomic mass is 10.1. The fourth-order valence-electron chi connectivity index (χ4n) is 2.70. The van der Waals surface area contributed by atoms with Gasteiger partial charge >= 0.3 is 0 Å². The number of para-hydroxylation sites is 1. The number of rotatable bonds is 6. The van der Waals surface area contributed by atoms with Crippen molar-refractivity contribution in [3.05, 3.63) is 107 Å². The average molecular weight is 417 g/mol. The normalized spacial score (nSPS) is 11.7. The molecule has 2 amide bonds. The Labute approximate surface area is 178 Å². The van der Waals surface area contributed by atoms with Gasteiger partial charge in [-0.15, -0.1) is 0 Å². The van der Waals surface area contributed by atoms with Crippen molar-refractivity contribution in [3.63, 3.8) is 0 Å². The summed E-state index contributed by atoms with van der Waals surface area (Å²) in [6, 6.07) is 20.5. The van der Waals surface area contributed by atoms with Crippen molar-refractivity contribution in [3.8, 4) is 5.75 Å². The van der Waals surface area contributed by atoms with Crippen LogP contribution in [0.2, 0.25) is 0 Å². The molecule has 0 saturated carbocycles. The van der Waals surface area contributed by atoms with Crippen LogP contribution in [0, 0.1) is 5.82 Å². The third kappa shape index (κ3) is 5.86. The Morgan fingerprint density at radius 1 is 0.935 bits per heavy atom. The average Bonchev–Trinajstić information content (AvgIpc) is 2.79. The molecule has 3 aromatic carbocycles. The zero-order valence-corrected chi connectivity index (χ0v) is 16.7. The smallest absolute Gasteiger partial charge is 0.287 e. The lowest BCUT2D eigenvalue weighted by Crippen LogP contribution is -2.33. The quantitative estimate of drug-likeness (QED) is 0.323. The Kier molecular flexibility index (Phi) is 6.90. The number of phenols is 1. The van der Waals surface area contributed by atoms with E-state index in [1.165, 1.54) is 36.4 Å². The summed E-state index contributed by atoms with van der Waals surface area (Å²) >= 11 is 0. The minimum Gasteiger partial charge on any atom is -0.507 e. The number of aromatic hydroxyl groups is 1. The van der Waals surface area contributed by atoms with Crippen molar-refractivity contribution in [2.45, 2.75) is 6.92 Å². The van der Waals surface area contributed by atoms with E-state index < -0.39 is 17.6 Å². The first-order chi connectivity index (χ1) is 14.9. The molecule has 0 unspecified atom stereocenters. The summed E-state index contributed by atoms with van der Waals surface area (Å²) in [7, 11) is 0. The zero-order valence-electron chi connectivity index (χ0n) is 16.7. The molecule has 0 aliphatic rings. The molecule has 3 aromatic rings. The van der Waals surface area contributed by atoms with Crippen molar-refractivity contribution in [2.75, 3.05) is 0 Å². The Bertz CT molecular complexity index is 1140. The Morgan fingerprint density at radius 3 is 2.26 bits per heavy atom. The molecule has 3 rings (SSSR count). The van der Waals surface area contributed by atoms with E-state index in [9.17, 15) is 19.1 Å². The van der Waals surface area contributed by atoms with E-state index in [0.717, 1.165) is 0 Å². The van der Waals surface area contributed by atoms with E-state index in [-0.39, 0.29) is 11.4 Å². The van der Waals surface area contributed by atoms with Crippen molar-refractivity contribution in [1.29, 1.82) is 0 Å². The van der Waals surface area contributed by atoms with Crippen LogP contribution in [0.5, 0.6) is 5.75 Å². The number of carbonyl (C=O) groups is 2. The number of phenolic OH excluding ortho intramolecular Hbond substituents is 1. The second-order valence-electron chi connectivity index (χ2n) is 6.59. The fourth-order valence-corrected chi connectivity index (χ4v) is 2.70. The number of nitrogens with one attached hydrogen (secondary N) is 2. The third-order valence-corrected chi connectivity index (χ3v) is 4.33. The molecule has 0 aliphatic heterocycles. The molecule has 7 heteroatoms. The van der Waals surface area contributed by atoms with Crippen molar-refractivity contribution < 1.29 is 19.1 Å². The number of hydrogen-bond donors (Lipinski definition) is 3. The van der Waals surface area contributed by atoms with Gasteiger partial charge in [-0.2, -0.15) is 5.10 Å². The minimum absolute atomic E-state index is 0.0254. The van der Waals surface area contributed by atoms with E-state index in [1.54, 1.807) is 55.5 Å². The van der Waals surface area contributed by atoms with Crippen LogP contribution in [-0.4, -0.2) is 22.6 Å². The third-order valence-electron chi connectivity index (χ3n) is 4.33. The summed E-state index contributed by atoms with van der Waals surface area (Å²) in [6.45, 7) is 1.63. The van der Waals surface area contributed by atoms with E-state index in [1.807, 2.05) is 0 Å². The molecule has 0 fully saturated rings. The second-order valence-corrected chi connectivity index (χ2v) is 6.59. The first-order valence-electron chi connectivity index (χ1n) is 9.40. The van der Waals surface area contributed by atoms with Gasteiger partial charge in [0, 0.05) is 11.1 Å². The zero-order chi connectivity index (χ0) is 22.2. The largest absolute Gasteiger partial charge is 0.507 e. The maximum absolute atomic E-state index is 13.2. The Hall–Kier alpha value is -4.26. The van der Waals surface area contributed by atoms with Crippen LogP contribution < -0.4 is 10.7 Å². The van der Waals surface area contributed by atoms with Crippen LogP contribution in [0.15, 0.2) is 89.7 Å². The lowest BCUT2D eigenvalue weighted by Gasteiger charge is -2.10. The summed E-state index contributed by atoms with van der Waals surface area (Å²) in [5.41, 5.74) is 4.02. The summed E-state index contributed by atoms with van der Waals surface area (Å²) in [4.78, 5) is 25.3. The van der Waals surface area contributed by atoms with Gasteiger partial charge in [-0.25, -0.2) is 9.82 Å². The molecule has 0 atom stereocenters. The van der Waals surface area contributed by atoms with Crippen LogP contribution in [0.4, 0.5) is 4.39 Å². The predicted octanol–water partition coefficient (Wildman–Crippen LogP) is 3.84. The van der Waals surface area contributed by atoms with Gasteiger partial charge in [-0.3, -0.25) is 9.59 Å². The monoisotopic (exact) mass is 417 g/mol. The SMILES string of the molecule is C/C(=N/NC(=O)/C(=C\c1ccc(F)cc1)NC(=O)c1ccccc1)c1ccccc1O. The van der Waals surface area contributed by atoms with Gasteiger partial charge in [0.15, 0.2) is 0 Å². The summed E-state index contributed by atoms with van der Waals surface area (Å²) in [6.07, 6.45) is 1.42. The molecular formula is C24H20FN3O3. The van der Waals surface area contributed by atoms with E-state index in [0.29, 0.717) is 22.4 Å². The van der Waals surface area contributed by atoms with Crippen molar-refractivity contribution in [1.82, 2.24) is 10.7 Å². The van der Waals surface area contributed by atoms with Gasteiger partial charge in [0.2, 0.25) is 0 Å². The van der Waals surface area contributed by atoms with Crippen LogP contribution >= 0.6 is 0 Å². The van der Waals surface area contributed by atoms with E-state index >= 15 is 0 Å². The molecule has 0 heterocycles. The molecule has 0 radical (unpaired) electrons. The van der Waals surface area contributed by atoms with Gasteiger partial charge in [0.1, 0.15) is 17.3 Å². The summed E-state index contributed by atoms with van der Waals surface area (Å²) in [5.74, 6) is -1.55. The van der Waals surface area contributed by atoms with Crippen molar-refractivity contribution >= 4 is 23.6 Å². The number of hydrazone groups is 1. The molecule has 0 bridgehead atoms. The van der Waals surface area contributed by atoms with Crippen LogP contribution in [-0.2, 0) is 4.79 Å². The first-order valence-corrected chi connectivity index (χ1v) is 9.40. The standard InChI is InChI=1S/C24H20FN3O3/c1-16(20-9-5-6-10-22(20)29)27-28-24(31)21(15-17-11-13-19(25)14-12-17)26-23(30)18-7-3-2-4-8-18/h2-15,29H,1H3,(H,26,30)(H,28,31)/b21-15+,27-16-. The highest BCUT2D eigenvalue weighted by molar-refractivity contribution is 6.06. The summed E-state index contributed by atoms with van der Waals surface area (Å²) < 4.78 is 13.2. The Morgan fingerprint density at radius 2 is 1.58 bits per heavy atom.